The van der Waals surface area contributed by atoms with E-state index in [1.165, 1.54) is 5.56 Å². The number of hydrogen-bond acceptors (Lipinski definition) is 13. The fraction of sp³-hybridized carbons (Fsp3) is 0.746. The molecule has 3 spiro atoms. The maximum atomic E-state index is 16.1. The van der Waals surface area contributed by atoms with Gasteiger partial charge in [0.15, 0.2) is 11.9 Å². The number of aliphatic hydroxyl groups is 3. The van der Waals surface area contributed by atoms with E-state index in [1.54, 1.807) is 6.26 Å². The van der Waals surface area contributed by atoms with Gasteiger partial charge in [0.05, 0.1) is 42.1 Å². The third-order valence-electron chi connectivity index (χ3n) is 23.3. The quantitative estimate of drug-likeness (QED) is 0.167. The third-order valence-corrected chi connectivity index (χ3v) is 23.3. The van der Waals surface area contributed by atoms with Crippen LogP contribution < -0.4 is 5.32 Å². The standard InChI is InChI=1S/C59H76N2O11/c1-54(2)47-46(64)48(65)58(37-11-7-10-33(23-37)22-32-8-5-4-6-9-32)45(57(47)30-69-53(67)56(52(57)72-54)19-14-34(27-56)29-62)15-18-55(3)49(70-51(66)50-59(55,58)71-50)38-17-21-68-44(38)26-41-39-24-36-16-20-61-31-60-28-42(61)40(36)25-35(39)12-13-43(41)63/h4-6,8-9,16-17,20-21,33-37,39-43,45,47-50,52,60,62-63,65H,7,10-15,18-19,22-31H2,1-3H3. The molecule has 21 unspecified atom stereocenters. The lowest BCUT2D eigenvalue weighted by atomic mass is 9.32. The first-order valence-electron chi connectivity index (χ1n) is 28.2. The number of carbonyl (C=O) groups excluding carboxylic acids is 3. The van der Waals surface area contributed by atoms with Crippen molar-refractivity contribution in [3.8, 4) is 0 Å². The minimum atomic E-state index is -1.49. The van der Waals surface area contributed by atoms with Crippen LogP contribution in [-0.2, 0) is 46.2 Å². The molecule has 2 aromatic rings. The lowest BCUT2D eigenvalue weighted by Gasteiger charge is -2.70. The van der Waals surface area contributed by atoms with E-state index in [0.29, 0.717) is 68.2 Å². The van der Waals surface area contributed by atoms with Crippen LogP contribution in [-0.4, -0.2) is 106 Å². The Bertz CT molecular complexity index is 2550. The first-order valence-corrected chi connectivity index (χ1v) is 28.2. The average Bonchev–Trinajstić information content (AvgIpc) is 3.77. The van der Waals surface area contributed by atoms with E-state index in [1.807, 2.05) is 26.0 Å². The second-order valence-corrected chi connectivity index (χ2v) is 26.5. The number of rotatable bonds is 7. The first-order chi connectivity index (χ1) is 34.7. The molecule has 4 N–H and O–H groups in total. The third kappa shape index (κ3) is 6.01. The van der Waals surface area contributed by atoms with Crippen molar-refractivity contribution < 1.29 is 53.1 Å². The Labute approximate surface area is 423 Å². The molecular formula is C59H76N2O11. The number of cyclic esters (lactones) is 2. The topological polar surface area (TPSA) is 181 Å². The lowest BCUT2D eigenvalue weighted by Crippen LogP contribution is -2.80. The highest BCUT2D eigenvalue weighted by molar-refractivity contribution is 5.93. The number of epoxide rings is 1. The molecule has 5 saturated heterocycles. The number of allylic oxidation sites excluding steroid dienone is 1. The van der Waals surface area contributed by atoms with E-state index in [0.717, 1.165) is 82.3 Å². The number of nitrogens with one attached hydrogen (secondary N) is 1. The highest BCUT2D eigenvalue weighted by atomic mass is 16.7. The van der Waals surface area contributed by atoms with Crippen molar-refractivity contribution in [3.63, 3.8) is 0 Å². The summed E-state index contributed by atoms with van der Waals surface area (Å²) < 4.78 is 34.4. The second kappa shape index (κ2) is 16.2. The number of ether oxygens (including phenoxy) is 4. The monoisotopic (exact) mass is 989 g/mol. The molecule has 388 valence electrons. The molecule has 7 heterocycles. The zero-order valence-corrected chi connectivity index (χ0v) is 42.4. The Hall–Kier alpha value is -3.59. The summed E-state index contributed by atoms with van der Waals surface area (Å²) in [5.74, 6) is 0.195. The van der Waals surface area contributed by atoms with Gasteiger partial charge in [-0.25, -0.2) is 4.79 Å². The summed E-state index contributed by atoms with van der Waals surface area (Å²) in [7, 11) is 0. The number of aliphatic hydroxyl groups excluding tert-OH is 3. The van der Waals surface area contributed by atoms with E-state index < -0.39 is 81.2 Å². The molecule has 1 aromatic carbocycles. The van der Waals surface area contributed by atoms with Crippen LogP contribution in [0.5, 0.6) is 0 Å². The number of benzene rings is 1. The molecule has 13 nitrogen and oxygen atoms in total. The fourth-order valence-corrected chi connectivity index (χ4v) is 20.7. The normalized spacial score (nSPS) is 50.4. The highest BCUT2D eigenvalue weighted by Gasteiger charge is 2.93. The molecule has 13 heteroatoms. The smallest absolute Gasteiger partial charge is 0.339 e. The molecular weight excluding hydrogens is 913 g/mol. The van der Waals surface area contributed by atoms with Crippen molar-refractivity contribution in [2.45, 2.75) is 165 Å². The van der Waals surface area contributed by atoms with Gasteiger partial charge >= 0.3 is 11.9 Å². The van der Waals surface area contributed by atoms with Crippen LogP contribution in [0.25, 0.3) is 0 Å². The van der Waals surface area contributed by atoms with Crippen molar-refractivity contribution >= 4 is 17.7 Å². The Kier molecular flexibility index (Phi) is 10.6. The first kappa shape index (κ1) is 46.9. The van der Waals surface area contributed by atoms with Gasteiger partial charge in [0.2, 0.25) is 0 Å². The zero-order valence-electron chi connectivity index (χ0n) is 42.4. The summed E-state index contributed by atoms with van der Waals surface area (Å²) in [5, 5.41) is 39.9. The molecule has 72 heavy (non-hydrogen) atoms. The van der Waals surface area contributed by atoms with Crippen LogP contribution in [0.15, 0.2) is 59.4 Å². The summed E-state index contributed by atoms with van der Waals surface area (Å²) in [6.07, 6.45) is 13.3. The second-order valence-electron chi connectivity index (χ2n) is 26.5. The van der Waals surface area contributed by atoms with Gasteiger partial charge in [0, 0.05) is 47.4 Å². The van der Waals surface area contributed by atoms with Crippen molar-refractivity contribution in [1.29, 1.82) is 0 Å². The molecule has 14 rings (SSSR count). The van der Waals surface area contributed by atoms with Gasteiger partial charge in [-0.15, -0.1) is 0 Å². The van der Waals surface area contributed by atoms with Crippen molar-refractivity contribution in [1.82, 2.24) is 10.2 Å². The van der Waals surface area contributed by atoms with E-state index in [-0.39, 0.29) is 48.6 Å². The number of nitrogens with zero attached hydrogens (tertiary/aromatic N) is 1. The minimum absolute atomic E-state index is 0.0164. The summed E-state index contributed by atoms with van der Waals surface area (Å²) in [4.78, 5) is 48.2. The molecule has 6 aliphatic heterocycles. The van der Waals surface area contributed by atoms with Crippen LogP contribution in [0, 0.1) is 80.8 Å². The molecule has 6 saturated carbocycles. The van der Waals surface area contributed by atoms with Crippen molar-refractivity contribution in [2.75, 3.05) is 26.4 Å². The average molecular weight is 989 g/mol. The maximum absolute atomic E-state index is 16.1. The minimum Gasteiger partial charge on any atom is -0.469 e. The van der Waals surface area contributed by atoms with Crippen LogP contribution >= 0.6 is 0 Å². The number of hydrogen-bond donors (Lipinski definition) is 4. The van der Waals surface area contributed by atoms with Gasteiger partial charge in [-0.1, -0.05) is 56.2 Å². The van der Waals surface area contributed by atoms with E-state index >= 15 is 9.59 Å². The number of furan rings is 1. The molecule has 6 aliphatic carbocycles. The number of Topliss-reactive ketones (excluding diaryl/α,β-unsaturated/α-hetero) is 1. The zero-order chi connectivity index (χ0) is 49.3. The molecule has 1 aromatic heterocycles. The van der Waals surface area contributed by atoms with Crippen molar-refractivity contribution in [3.05, 3.63) is 71.8 Å². The van der Waals surface area contributed by atoms with Crippen LogP contribution in [0.2, 0.25) is 0 Å². The molecule has 12 aliphatic rings. The predicted octanol–water partition coefficient (Wildman–Crippen LogP) is 6.86. The largest absolute Gasteiger partial charge is 0.469 e. The number of fused-ring (bicyclic) bond motifs is 6. The van der Waals surface area contributed by atoms with Gasteiger partial charge < -0.3 is 43.6 Å². The lowest BCUT2D eigenvalue weighted by molar-refractivity contribution is -0.285. The summed E-state index contributed by atoms with van der Waals surface area (Å²) in [5.41, 5.74) is -4.61. The summed E-state index contributed by atoms with van der Waals surface area (Å²) in [6, 6.07) is 13.0. The van der Waals surface area contributed by atoms with E-state index in [9.17, 15) is 20.1 Å². The SMILES string of the molecule is CC1(C)OC2C3(CCC(CO)C3)C(=O)OCC23C1C(=O)C(O)C1(C2CCCC(Cc4ccccc4)C2)C3CCC2(C)C(c3ccoc3CC3C(O)CCC4CC5C(C=CN6CNCC56)CC43)OC(=O)C3OC321. The van der Waals surface area contributed by atoms with Gasteiger partial charge in [0.1, 0.15) is 30.2 Å². The van der Waals surface area contributed by atoms with Crippen LogP contribution in [0.1, 0.15) is 127 Å². The fourth-order valence-electron chi connectivity index (χ4n) is 20.7. The van der Waals surface area contributed by atoms with Gasteiger partial charge in [-0.05, 0) is 162 Å². The Morgan fingerprint density at radius 2 is 1.71 bits per heavy atom. The van der Waals surface area contributed by atoms with Crippen LogP contribution in [0.3, 0.4) is 0 Å². The number of esters is 2. The Morgan fingerprint density at radius 3 is 2.53 bits per heavy atom. The van der Waals surface area contributed by atoms with Gasteiger partial charge in [-0.3, -0.25) is 14.9 Å². The molecule has 21 atom stereocenters. The highest BCUT2D eigenvalue weighted by Crippen LogP contribution is 2.84. The predicted molar refractivity (Wildman–Crippen MR) is 261 cm³/mol. The summed E-state index contributed by atoms with van der Waals surface area (Å²) >= 11 is 0. The Morgan fingerprint density at radius 1 is 0.861 bits per heavy atom. The van der Waals surface area contributed by atoms with E-state index in [2.05, 4.69) is 53.7 Å². The molecule has 0 amide bonds. The number of carbonyl (C=O) groups is 3. The molecule has 11 fully saturated rings. The van der Waals surface area contributed by atoms with E-state index in [4.69, 9.17) is 23.4 Å². The van der Waals surface area contributed by atoms with Crippen molar-refractivity contribution in [2.24, 2.45) is 80.8 Å². The Balaban J connectivity index is 0.880. The number of ketones is 1. The maximum Gasteiger partial charge on any atom is 0.339 e. The van der Waals surface area contributed by atoms with Gasteiger partial charge in [0.25, 0.3) is 0 Å². The summed E-state index contributed by atoms with van der Waals surface area (Å²) in [6.45, 7) is 7.93. The van der Waals surface area contributed by atoms with Crippen LogP contribution in [0.4, 0.5) is 0 Å². The molecule has 0 radical (unpaired) electrons. The molecule has 0 bridgehead atoms. The van der Waals surface area contributed by atoms with Gasteiger partial charge in [-0.2, -0.15) is 0 Å².